The molecule has 18 heavy (non-hydrogen) atoms. The maximum absolute atomic E-state index is 11.9. The molecule has 1 aromatic heterocycles. The molecule has 0 N–H and O–H groups in total. The molecule has 1 aromatic rings. The van der Waals surface area contributed by atoms with Crippen LogP contribution in [-0.4, -0.2) is 29.1 Å². The first kappa shape index (κ1) is 15.1. The van der Waals surface area contributed by atoms with E-state index in [1.54, 1.807) is 16.9 Å². The van der Waals surface area contributed by atoms with Crippen LogP contribution in [0.3, 0.4) is 0 Å². The Morgan fingerprint density at radius 1 is 1.39 bits per heavy atom. The van der Waals surface area contributed by atoms with Gasteiger partial charge in [-0.15, -0.1) is 0 Å². The fraction of sp³-hybridized carbons (Fsp3) is 0.692. The number of hydrogen-bond acceptors (Lipinski definition) is 4. The Kier molecular flexibility index (Phi) is 6.86. The van der Waals surface area contributed by atoms with E-state index in [4.69, 9.17) is 0 Å². The SMILES string of the molecule is CCCN(C)c1cnn(CCCCCS)c(=O)c1. The number of aryl methyl sites for hydroxylation is 1. The molecule has 0 radical (unpaired) electrons. The van der Waals surface area contributed by atoms with Crippen molar-refractivity contribution in [3.05, 3.63) is 22.6 Å². The van der Waals surface area contributed by atoms with Gasteiger partial charge in [0.05, 0.1) is 11.9 Å². The predicted molar refractivity (Wildman–Crippen MR) is 79.8 cm³/mol. The summed E-state index contributed by atoms with van der Waals surface area (Å²) in [6.45, 7) is 3.75. The lowest BCUT2D eigenvalue weighted by Gasteiger charge is -2.17. The molecule has 4 nitrogen and oxygen atoms in total. The van der Waals surface area contributed by atoms with Crippen LogP contribution in [0.25, 0.3) is 0 Å². The van der Waals surface area contributed by atoms with Crippen LogP contribution in [-0.2, 0) is 6.54 Å². The molecule has 0 aliphatic heterocycles. The van der Waals surface area contributed by atoms with Crippen LogP contribution in [0.4, 0.5) is 5.69 Å². The molecule has 1 rings (SSSR count). The Morgan fingerprint density at radius 2 is 2.17 bits per heavy atom. The van der Waals surface area contributed by atoms with Crippen molar-refractivity contribution in [2.75, 3.05) is 24.2 Å². The summed E-state index contributed by atoms with van der Waals surface area (Å²) in [5.74, 6) is 0.906. The number of thiol groups is 1. The van der Waals surface area contributed by atoms with E-state index in [-0.39, 0.29) is 5.56 Å². The molecule has 0 unspecified atom stereocenters. The van der Waals surface area contributed by atoms with Crippen molar-refractivity contribution in [1.82, 2.24) is 9.78 Å². The van der Waals surface area contributed by atoms with E-state index in [0.29, 0.717) is 6.54 Å². The lowest BCUT2D eigenvalue weighted by Crippen LogP contribution is -2.26. The lowest BCUT2D eigenvalue weighted by atomic mass is 10.2. The van der Waals surface area contributed by atoms with Gasteiger partial charge in [-0.3, -0.25) is 4.79 Å². The first-order valence-corrected chi connectivity index (χ1v) is 7.21. The van der Waals surface area contributed by atoms with Crippen molar-refractivity contribution in [2.45, 2.75) is 39.2 Å². The molecule has 0 aromatic carbocycles. The minimum absolute atomic E-state index is 0.0127. The lowest BCUT2D eigenvalue weighted by molar-refractivity contribution is 0.529. The molecule has 102 valence electrons. The standard InChI is InChI=1S/C13H23N3OS/c1-3-7-15(2)12-10-13(17)16(14-11-12)8-5-4-6-9-18/h10-11,18H,3-9H2,1-2H3. The number of nitrogens with zero attached hydrogens (tertiary/aromatic N) is 3. The normalized spacial score (nSPS) is 10.6. The average molecular weight is 269 g/mol. The van der Waals surface area contributed by atoms with Gasteiger partial charge in [-0.1, -0.05) is 13.3 Å². The first-order chi connectivity index (χ1) is 8.69. The maximum atomic E-state index is 11.9. The Bertz CT molecular complexity index is 405. The van der Waals surface area contributed by atoms with E-state index in [9.17, 15) is 4.79 Å². The Morgan fingerprint density at radius 3 is 2.78 bits per heavy atom. The highest BCUT2D eigenvalue weighted by molar-refractivity contribution is 7.80. The van der Waals surface area contributed by atoms with Gasteiger partial charge in [-0.25, -0.2) is 4.68 Å². The van der Waals surface area contributed by atoms with Crippen molar-refractivity contribution in [3.63, 3.8) is 0 Å². The van der Waals surface area contributed by atoms with Crippen LogP contribution >= 0.6 is 12.6 Å². The Balaban J connectivity index is 2.59. The van der Waals surface area contributed by atoms with Gasteiger partial charge < -0.3 is 4.90 Å². The van der Waals surface area contributed by atoms with E-state index in [1.807, 2.05) is 7.05 Å². The predicted octanol–water partition coefficient (Wildman–Crippen LogP) is 2.19. The molecule has 0 bridgehead atoms. The zero-order valence-electron chi connectivity index (χ0n) is 11.3. The van der Waals surface area contributed by atoms with Crippen molar-refractivity contribution in [1.29, 1.82) is 0 Å². The summed E-state index contributed by atoms with van der Waals surface area (Å²) in [5.41, 5.74) is 0.884. The summed E-state index contributed by atoms with van der Waals surface area (Å²) in [6, 6.07) is 1.67. The van der Waals surface area contributed by atoms with Gasteiger partial charge in [-0.2, -0.15) is 17.7 Å². The average Bonchev–Trinajstić information content (AvgIpc) is 2.36. The van der Waals surface area contributed by atoms with Crippen molar-refractivity contribution in [3.8, 4) is 0 Å². The third-order valence-corrected chi connectivity index (χ3v) is 3.20. The van der Waals surface area contributed by atoms with Crippen LogP contribution < -0.4 is 10.5 Å². The molecule has 1 heterocycles. The molecular formula is C13H23N3OS. The number of hydrogen-bond donors (Lipinski definition) is 1. The smallest absolute Gasteiger partial charge is 0.268 e. The van der Waals surface area contributed by atoms with Gasteiger partial charge in [0.15, 0.2) is 0 Å². The second-order valence-corrected chi connectivity index (χ2v) is 4.93. The van der Waals surface area contributed by atoms with E-state index < -0.39 is 0 Å². The van der Waals surface area contributed by atoms with E-state index in [0.717, 1.165) is 43.7 Å². The van der Waals surface area contributed by atoms with Gasteiger partial charge in [0.25, 0.3) is 5.56 Å². The highest BCUT2D eigenvalue weighted by Gasteiger charge is 2.03. The number of unbranched alkanes of at least 4 members (excludes halogenated alkanes) is 2. The first-order valence-electron chi connectivity index (χ1n) is 6.58. The minimum Gasteiger partial charge on any atom is -0.373 e. The molecule has 5 heteroatoms. The Labute approximate surface area is 114 Å². The molecular weight excluding hydrogens is 246 g/mol. The van der Waals surface area contributed by atoms with Crippen LogP contribution in [0.2, 0.25) is 0 Å². The molecule has 0 saturated heterocycles. The summed E-state index contributed by atoms with van der Waals surface area (Å²) in [6.07, 6.45) is 6.00. The molecule has 0 spiro atoms. The molecule has 0 saturated carbocycles. The molecule has 0 amide bonds. The fourth-order valence-electron chi connectivity index (χ4n) is 1.82. The van der Waals surface area contributed by atoms with Crippen molar-refractivity contribution in [2.24, 2.45) is 0 Å². The monoisotopic (exact) mass is 269 g/mol. The quantitative estimate of drug-likeness (QED) is 0.581. The summed E-state index contributed by atoms with van der Waals surface area (Å²) in [4.78, 5) is 13.9. The number of rotatable bonds is 8. The van der Waals surface area contributed by atoms with Gasteiger partial charge in [-0.05, 0) is 25.0 Å². The van der Waals surface area contributed by atoms with Crippen LogP contribution in [0.15, 0.2) is 17.1 Å². The minimum atomic E-state index is -0.0127. The number of anilines is 1. The summed E-state index contributed by atoms with van der Waals surface area (Å²) < 4.78 is 1.54. The third kappa shape index (κ3) is 4.72. The van der Waals surface area contributed by atoms with Crippen molar-refractivity contribution < 1.29 is 0 Å². The molecule has 0 fully saturated rings. The fourth-order valence-corrected chi connectivity index (χ4v) is 2.04. The van der Waals surface area contributed by atoms with Crippen LogP contribution in [0.1, 0.15) is 32.6 Å². The number of aromatic nitrogens is 2. The second-order valence-electron chi connectivity index (χ2n) is 4.48. The largest absolute Gasteiger partial charge is 0.373 e. The van der Waals surface area contributed by atoms with E-state index in [1.165, 1.54) is 0 Å². The summed E-state index contributed by atoms with van der Waals surface area (Å²) >= 11 is 4.17. The molecule has 0 atom stereocenters. The highest BCUT2D eigenvalue weighted by atomic mass is 32.1. The van der Waals surface area contributed by atoms with Crippen LogP contribution in [0.5, 0.6) is 0 Å². The van der Waals surface area contributed by atoms with Crippen LogP contribution in [0, 0.1) is 0 Å². The maximum Gasteiger partial charge on any atom is 0.268 e. The Hall–Kier alpha value is -0.970. The zero-order valence-corrected chi connectivity index (χ0v) is 12.2. The van der Waals surface area contributed by atoms with Gasteiger partial charge in [0.1, 0.15) is 0 Å². The molecule has 0 aliphatic carbocycles. The van der Waals surface area contributed by atoms with E-state index in [2.05, 4.69) is 29.6 Å². The molecule has 0 aliphatic rings. The van der Waals surface area contributed by atoms with Gasteiger partial charge in [0, 0.05) is 26.2 Å². The van der Waals surface area contributed by atoms with E-state index >= 15 is 0 Å². The topological polar surface area (TPSA) is 38.1 Å². The van der Waals surface area contributed by atoms with Crippen molar-refractivity contribution >= 4 is 18.3 Å². The zero-order chi connectivity index (χ0) is 13.4. The summed E-state index contributed by atoms with van der Waals surface area (Å²) in [5, 5.41) is 4.22. The van der Waals surface area contributed by atoms with Gasteiger partial charge >= 0.3 is 0 Å². The summed E-state index contributed by atoms with van der Waals surface area (Å²) in [7, 11) is 1.98. The third-order valence-electron chi connectivity index (χ3n) is 2.88. The second kappa shape index (κ2) is 8.19. The van der Waals surface area contributed by atoms with Gasteiger partial charge in [0.2, 0.25) is 0 Å². The highest BCUT2D eigenvalue weighted by Crippen LogP contribution is 2.07.